The maximum Gasteiger partial charge on any atom is 0.244 e. The summed E-state index contributed by atoms with van der Waals surface area (Å²) in [4.78, 5) is 9.20. The summed E-state index contributed by atoms with van der Waals surface area (Å²) in [6, 6.07) is 17.5. The van der Waals surface area contributed by atoms with Crippen molar-refractivity contribution in [2.45, 2.75) is 13.8 Å². The molecule has 1 aromatic heterocycles. The summed E-state index contributed by atoms with van der Waals surface area (Å²) < 4.78 is 5.69. The fourth-order valence-corrected chi connectivity index (χ4v) is 2.20. The molecule has 0 aliphatic carbocycles. The first-order chi connectivity index (χ1) is 11.3. The molecule has 0 radical (unpaired) electrons. The Labute approximate surface area is 134 Å². The van der Waals surface area contributed by atoms with Crippen molar-refractivity contribution >= 4 is 16.7 Å². The topological polar surface area (TPSA) is 59.4 Å². The van der Waals surface area contributed by atoms with Crippen LogP contribution in [-0.2, 0) is 0 Å². The quantitative estimate of drug-likeness (QED) is 0.752. The second-order valence-electron chi connectivity index (χ2n) is 4.97. The van der Waals surface area contributed by atoms with Crippen LogP contribution < -0.4 is 15.5 Å². The Morgan fingerprint density at radius 3 is 2.30 bits per heavy atom. The van der Waals surface area contributed by atoms with Gasteiger partial charge in [0.05, 0.1) is 29.0 Å². The molecule has 0 aliphatic rings. The van der Waals surface area contributed by atoms with E-state index in [-0.39, 0.29) is 0 Å². The molecule has 5 nitrogen and oxygen atoms in total. The summed E-state index contributed by atoms with van der Waals surface area (Å²) in [5, 5.41) is 5.06. The van der Waals surface area contributed by atoms with E-state index in [0.29, 0.717) is 17.8 Å². The molecule has 2 aromatic carbocycles. The molecule has 3 aromatic rings. The van der Waals surface area contributed by atoms with Crippen LogP contribution in [0.1, 0.15) is 12.6 Å². The Hall–Kier alpha value is -2.95. The molecular weight excluding hydrogens is 288 g/mol. The van der Waals surface area contributed by atoms with Gasteiger partial charge in [-0.2, -0.15) is 5.10 Å². The number of hydrogen-bond acceptors (Lipinski definition) is 5. The summed E-state index contributed by atoms with van der Waals surface area (Å²) in [5.41, 5.74) is 6.27. The highest BCUT2D eigenvalue weighted by molar-refractivity contribution is 5.73. The first kappa shape index (κ1) is 15.0. The van der Waals surface area contributed by atoms with Crippen LogP contribution in [0.4, 0.5) is 5.69 Å². The molecule has 0 fully saturated rings. The smallest absolute Gasteiger partial charge is 0.244 e. The standard InChI is InChI=1S/C18H18N4O/c1-3-23-18-17(22-21-14-9-5-4-6-10-14)13(2)19-15-11-7-8-12-16(15)20-18/h4-12,21H,3H2,1-2H3/b22-17+. The van der Waals surface area contributed by atoms with Crippen LogP contribution in [0.15, 0.2) is 59.7 Å². The molecule has 3 rings (SSSR count). The third-order valence-corrected chi connectivity index (χ3v) is 3.29. The molecular formula is C18H18N4O. The van der Waals surface area contributed by atoms with Gasteiger partial charge in [-0.3, -0.25) is 5.43 Å². The summed E-state index contributed by atoms with van der Waals surface area (Å²) in [6.45, 7) is 4.34. The number of nitrogens with one attached hydrogen (secondary N) is 1. The molecule has 0 saturated carbocycles. The Kier molecular flexibility index (Phi) is 4.47. The van der Waals surface area contributed by atoms with E-state index in [1.807, 2.05) is 68.4 Å². The molecule has 0 spiro atoms. The summed E-state index contributed by atoms with van der Waals surface area (Å²) in [5.74, 6) is 0.474. The van der Waals surface area contributed by atoms with E-state index < -0.39 is 0 Å². The maximum atomic E-state index is 5.69. The van der Waals surface area contributed by atoms with Crippen LogP contribution in [0.5, 0.6) is 5.88 Å². The van der Waals surface area contributed by atoms with Crippen molar-refractivity contribution in [1.29, 1.82) is 0 Å². The number of aryl methyl sites for hydroxylation is 1. The number of hydrogen-bond donors (Lipinski definition) is 1. The first-order valence-electron chi connectivity index (χ1n) is 7.53. The van der Waals surface area contributed by atoms with Crippen LogP contribution in [0, 0.1) is 6.92 Å². The van der Waals surface area contributed by atoms with Crippen LogP contribution >= 0.6 is 0 Å². The normalized spacial score (nSPS) is 11.5. The van der Waals surface area contributed by atoms with Crippen molar-refractivity contribution in [2.24, 2.45) is 5.10 Å². The maximum absolute atomic E-state index is 5.69. The predicted octanol–water partition coefficient (Wildman–Crippen LogP) is 3.26. The number of para-hydroxylation sites is 3. The second kappa shape index (κ2) is 6.87. The number of nitrogens with zero attached hydrogens (tertiary/aromatic N) is 3. The largest absolute Gasteiger partial charge is 0.476 e. The van der Waals surface area contributed by atoms with Crippen LogP contribution in [0.2, 0.25) is 0 Å². The number of benzene rings is 2. The van der Waals surface area contributed by atoms with Crippen molar-refractivity contribution in [3.05, 3.63) is 65.6 Å². The number of fused-ring (bicyclic) bond motifs is 1. The summed E-state index contributed by atoms with van der Waals surface area (Å²) >= 11 is 0. The van der Waals surface area contributed by atoms with E-state index in [9.17, 15) is 0 Å². The molecule has 5 heteroatoms. The van der Waals surface area contributed by atoms with Gasteiger partial charge in [0.2, 0.25) is 5.88 Å². The van der Waals surface area contributed by atoms with Crippen molar-refractivity contribution in [2.75, 3.05) is 12.0 Å². The average molecular weight is 306 g/mol. The highest BCUT2D eigenvalue weighted by Gasteiger charge is 2.06. The van der Waals surface area contributed by atoms with E-state index in [1.165, 1.54) is 0 Å². The van der Waals surface area contributed by atoms with E-state index in [4.69, 9.17) is 4.74 Å². The highest BCUT2D eigenvalue weighted by Crippen LogP contribution is 2.11. The summed E-state index contributed by atoms with van der Waals surface area (Å²) in [6.07, 6.45) is 0. The number of ether oxygens (including phenoxy) is 1. The van der Waals surface area contributed by atoms with Gasteiger partial charge in [0.15, 0.2) is 5.36 Å². The van der Waals surface area contributed by atoms with Crippen LogP contribution in [0.25, 0.3) is 11.0 Å². The molecule has 0 aliphatic heterocycles. The lowest BCUT2D eigenvalue weighted by molar-refractivity contribution is 0.323. The first-order valence-corrected chi connectivity index (χ1v) is 7.53. The third kappa shape index (κ3) is 3.45. The van der Waals surface area contributed by atoms with E-state index >= 15 is 0 Å². The highest BCUT2D eigenvalue weighted by atomic mass is 16.5. The third-order valence-electron chi connectivity index (χ3n) is 3.29. The van der Waals surface area contributed by atoms with Crippen molar-refractivity contribution in [1.82, 2.24) is 9.97 Å². The fraction of sp³-hybridized carbons (Fsp3) is 0.167. The van der Waals surface area contributed by atoms with Gasteiger partial charge >= 0.3 is 0 Å². The molecule has 0 saturated heterocycles. The Bertz CT molecular complexity index is 879. The molecule has 0 bridgehead atoms. The molecule has 116 valence electrons. The van der Waals surface area contributed by atoms with Gasteiger partial charge in [-0.1, -0.05) is 30.3 Å². The minimum Gasteiger partial charge on any atom is -0.476 e. The predicted molar refractivity (Wildman–Crippen MR) is 91.1 cm³/mol. The molecule has 1 N–H and O–H groups in total. The van der Waals surface area contributed by atoms with Crippen LogP contribution in [-0.4, -0.2) is 16.6 Å². The molecule has 1 heterocycles. The van der Waals surface area contributed by atoms with Crippen molar-refractivity contribution in [3.63, 3.8) is 0 Å². The summed E-state index contributed by atoms with van der Waals surface area (Å²) in [7, 11) is 0. The van der Waals surface area contributed by atoms with Gasteiger partial charge in [0.1, 0.15) is 0 Å². The van der Waals surface area contributed by atoms with Gasteiger partial charge in [0.25, 0.3) is 0 Å². The van der Waals surface area contributed by atoms with E-state index in [1.54, 1.807) is 0 Å². The zero-order chi connectivity index (χ0) is 16.1. The average Bonchev–Trinajstić information content (AvgIpc) is 2.70. The van der Waals surface area contributed by atoms with Gasteiger partial charge in [0, 0.05) is 0 Å². The lowest BCUT2D eigenvalue weighted by atomic mass is 10.3. The van der Waals surface area contributed by atoms with Gasteiger partial charge < -0.3 is 4.74 Å². The number of anilines is 1. The van der Waals surface area contributed by atoms with Gasteiger partial charge in [-0.05, 0) is 38.1 Å². The van der Waals surface area contributed by atoms with Gasteiger partial charge in [-0.25, -0.2) is 9.97 Å². The molecule has 0 unspecified atom stereocenters. The SMILES string of the molecule is CCOc1nc2ccccc2nc(C)/c1=N\Nc1ccccc1. The lowest BCUT2D eigenvalue weighted by Gasteiger charge is -2.02. The molecule has 0 atom stereocenters. The fourth-order valence-electron chi connectivity index (χ4n) is 2.20. The van der Waals surface area contributed by atoms with Crippen molar-refractivity contribution < 1.29 is 4.74 Å². The minimum atomic E-state index is 0.474. The zero-order valence-corrected chi connectivity index (χ0v) is 13.2. The Morgan fingerprint density at radius 1 is 0.957 bits per heavy atom. The Balaban J connectivity index is 2.17. The van der Waals surface area contributed by atoms with E-state index in [0.717, 1.165) is 22.4 Å². The lowest BCUT2D eigenvalue weighted by Crippen LogP contribution is -2.14. The number of rotatable bonds is 4. The number of aromatic nitrogens is 2. The minimum absolute atomic E-state index is 0.474. The van der Waals surface area contributed by atoms with Crippen LogP contribution in [0.3, 0.4) is 0 Å². The second-order valence-corrected chi connectivity index (χ2v) is 4.97. The monoisotopic (exact) mass is 306 g/mol. The Morgan fingerprint density at radius 2 is 1.61 bits per heavy atom. The molecule has 23 heavy (non-hydrogen) atoms. The van der Waals surface area contributed by atoms with Gasteiger partial charge in [-0.15, -0.1) is 0 Å². The molecule has 0 amide bonds. The van der Waals surface area contributed by atoms with Crippen molar-refractivity contribution in [3.8, 4) is 5.88 Å². The van der Waals surface area contributed by atoms with E-state index in [2.05, 4.69) is 20.5 Å². The zero-order valence-electron chi connectivity index (χ0n) is 13.2.